The van der Waals surface area contributed by atoms with Crippen molar-refractivity contribution >= 4 is 28.9 Å². The number of ether oxygens (including phenoxy) is 2. The first kappa shape index (κ1) is 17.3. The van der Waals surface area contributed by atoms with Gasteiger partial charge in [0.15, 0.2) is 0 Å². The molecule has 0 saturated carbocycles. The number of hydrogen-bond acceptors (Lipinski definition) is 6. The van der Waals surface area contributed by atoms with Crippen LogP contribution in [0.3, 0.4) is 0 Å². The zero-order chi connectivity index (χ0) is 17.8. The van der Waals surface area contributed by atoms with E-state index in [1.54, 1.807) is 0 Å². The number of nitro groups is 1. The third kappa shape index (κ3) is 4.12. The Balaban J connectivity index is 1.75. The average molecular weight is 349 g/mol. The fourth-order valence-corrected chi connectivity index (χ4v) is 2.88. The van der Waals surface area contributed by atoms with Gasteiger partial charge in [-0.25, -0.2) is 0 Å². The van der Waals surface area contributed by atoms with Gasteiger partial charge < -0.3 is 20.1 Å². The maximum Gasteiger partial charge on any atom is 0.292 e. The average Bonchev–Trinajstić information content (AvgIpc) is 3.28. The molecule has 2 aliphatic rings. The third-order valence-corrected chi connectivity index (χ3v) is 4.16. The predicted molar refractivity (Wildman–Crippen MR) is 88.3 cm³/mol. The molecule has 0 radical (unpaired) electrons. The van der Waals surface area contributed by atoms with Gasteiger partial charge >= 0.3 is 0 Å². The van der Waals surface area contributed by atoms with Crippen LogP contribution in [0.4, 0.5) is 17.1 Å². The molecule has 3 rings (SSSR count). The molecule has 134 valence electrons. The summed E-state index contributed by atoms with van der Waals surface area (Å²) >= 11 is 0. The van der Waals surface area contributed by atoms with Gasteiger partial charge in [0.2, 0.25) is 0 Å². The van der Waals surface area contributed by atoms with E-state index < -0.39 is 23.0 Å². The van der Waals surface area contributed by atoms with Crippen LogP contribution in [0.1, 0.15) is 25.7 Å². The summed E-state index contributed by atoms with van der Waals surface area (Å²) in [4.78, 5) is 34.9. The topological polar surface area (TPSA) is 120 Å². The van der Waals surface area contributed by atoms with E-state index in [0.717, 1.165) is 12.8 Å². The highest BCUT2D eigenvalue weighted by Crippen LogP contribution is 2.29. The molecule has 1 aromatic rings. The lowest BCUT2D eigenvalue weighted by Crippen LogP contribution is -2.28. The van der Waals surface area contributed by atoms with Crippen LogP contribution in [0.2, 0.25) is 0 Å². The Kier molecular flexibility index (Phi) is 5.25. The normalized spacial score (nSPS) is 22.6. The predicted octanol–water partition coefficient (Wildman–Crippen LogP) is 1.83. The summed E-state index contributed by atoms with van der Waals surface area (Å²) < 4.78 is 10.6. The quantitative estimate of drug-likeness (QED) is 0.618. The highest BCUT2D eigenvalue weighted by atomic mass is 16.6. The molecule has 2 aliphatic heterocycles. The molecule has 2 atom stereocenters. The maximum absolute atomic E-state index is 12.2. The molecule has 0 aliphatic carbocycles. The second-order valence-corrected chi connectivity index (χ2v) is 5.97. The Morgan fingerprint density at radius 2 is 1.64 bits per heavy atom. The number of hydrogen-bond donors (Lipinski definition) is 2. The Morgan fingerprint density at radius 1 is 1.04 bits per heavy atom. The second kappa shape index (κ2) is 7.58. The molecular formula is C16H19N3O6. The summed E-state index contributed by atoms with van der Waals surface area (Å²) in [5, 5.41) is 16.4. The number of anilines is 2. The first-order valence-electron chi connectivity index (χ1n) is 8.18. The van der Waals surface area contributed by atoms with Gasteiger partial charge in [0.1, 0.15) is 17.9 Å². The highest BCUT2D eigenvalue weighted by molar-refractivity contribution is 5.99. The summed E-state index contributed by atoms with van der Waals surface area (Å²) in [5.41, 5.74) is 0.130. The second-order valence-electron chi connectivity index (χ2n) is 5.97. The van der Waals surface area contributed by atoms with Crippen molar-refractivity contribution in [3.8, 4) is 0 Å². The number of benzene rings is 1. The van der Waals surface area contributed by atoms with Crippen molar-refractivity contribution in [2.45, 2.75) is 37.9 Å². The largest absolute Gasteiger partial charge is 0.368 e. The molecule has 2 fully saturated rings. The van der Waals surface area contributed by atoms with Crippen molar-refractivity contribution in [2.24, 2.45) is 0 Å². The number of amides is 2. The fourth-order valence-electron chi connectivity index (χ4n) is 2.88. The number of nitrogens with one attached hydrogen (secondary N) is 2. The lowest BCUT2D eigenvalue weighted by molar-refractivity contribution is -0.383. The van der Waals surface area contributed by atoms with Gasteiger partial charge in [-0.1, -0.05) is 0 Å². The number of rotatable bonds is 5. The Hall–Kier alpha value is -2.52. The van der Waals surface area contributed by atoms with E-state index in [1.165, 1.54) is 18.2 Å². The van der Waals surface area contributed by atoms with Crippen LogP contribution in [0.5, 0.6) is 0 Å². The molecular weight excluding hydrogens is 330 g/mol. The molecule has 2 N–H and O–H groups in total. The number of nitrogens with zero attached hydrogens (tertiary/aromatic N) is 1. The van der Waals surface area contributed by atoms with Crippen LogP contribution in [0.15, 0.2) is 18.2 Å². The molecule has 9 nitrogen and oxygen atoms in total. The zero-order valence-corrected chi connectivity index (χ0v) is 13.5. The van der Waals surface area contributed by atoms with E-state index in [-0.39, 0.29) is 17.3 Å². The Bertz CT molecular complexity index is 680. The van der Waals surface area contributed by atoms with Crippen molar-refractivity contribution in [2.75, 3.05) is 23.8 Å². The van der Waals surface area contributed by atoms with E-state index >= 15 is 0 Å². The van der Waals surface area contributed by atoms with Gasteiger partial charge in [0, 0.05) is 25.0 Å². The molecule has 0 unspecified atom stereocenters. The van der Waals surface area contributed by atoms with E-state index in [2.05, 4.69) is 10.6 Å². The molecule has 0 spiro atoms. The standard InChI is InChI=1S/C16H19N3O6/c20-15(13-3-1-7-24-13)17-10-5-6-12(19(22)23)11(9-10)18-16(21)14-4-2-8-25-14/h5-6,9,13-14H,1-4,7-8H2,(H,17,20)(H,18,21)/t13-,14+/m0/s1. The van der Waals surface area contributed by atoms with Crippen LogP contribution in [-0.4, -0.2) is 42.2 Å². The molecule has 9 heteroatoms. The van der Waals surface area contributed by atoms with Crippen molar-refractivity contribution in [1.29, 1.82) is 0 Å². The number of carbonyl (C=O) groups is 2. The molecule has 1 aromatic carbocycles. The summed E-state index contributed by atoms with van der Waals surface area (Å²) in [6.45, 7) is 1.04. The smallest absolute Gasteiger partial charge is 0.292 e. The van der Waals surface area contributed by atoms with Crippen LogP contribution in [0.25, 0.3) is 0 Å². The van der Waals surface area contributed by atoms with Crippen molar-refractivity contribution < 1.29 is 24.0 Å². The SMILES string of the molecule is O=C(Nc1ccc([N+](=O)[O-])c(NC(=O)[C@H]2CCCO2)c1)[C@@H]1CCCO1. The van der Waals surface area contributed by atoms with Crippen molar-refractivity contribution in [3.63, 3.8) is 0 Å². The monoisotopic (exact) mass is 349 g/mol. The van der Waals surface area contributed by atoms with Crippen LogP contribution in [0, 0.1) is 10.1 Å². The first-order valence-corrected chi connectivity index (χ1v) is 8.18. The summed E-state index contributed by atoms with van der Waals surface area (Å²) in [6, 6.07) is 4.04. The lowest BCUT2D eigenvalue weighted by Gasteiger charge is -2.13. The van der Waals surface area contributed by atoms with E-state index in [4.69, 9.17) is 9.47 Å². The minimum Gasteiger partial charge on any atom is -0.368 e. The molecule has 0 bridgehead atoms. The maximum atomic E-state index is 12.2. The van der Waals surface area contributed by atoms with Gasteiger partial charge in [0.05, 0.1) is 4.92 Å². The van der Waals surface area contributed by atoms with Gasteiger partial charge in [0.25, 0.3) is 17.5 Å². The van der Waals surface area contributed by atoms with Gasteiger partial charge in [-0.05, 0) is 37.8 Å². The minimum absolute atomic E-state index is 0.0237. The van der Waals surface area contributed by atoms with Crippen LogP contribution in [-0.2, 0) is 19.1 Å². The van der Waals surface area contributed by atoms with Gasteiger partial charge in [-0.3, -0.25) is 19.7 Å². The van der Waals surface area contributed by atoms with E-state index in [0.29, 0.717) is 31.7 Å². The fraction of sp³-hybridized carbons (Fsp3) is 0.500. The van der Waals surface area contributed by atoms with Crippen molar-refractivity contribution in [1.82, 2.24) is 0 Å². The van der Waals surface area contributed by atoms with Gasteiger partial charge in [-0.2, -0.15) is 0 Å². The van der Waals surface area contributed by atoms with E-state index in [1.807, 2.05) is 0 Å². The molecule has 25 heavy (non-hydrogen) atoms. The first-order chi connectivity index (χ1) is 12.0. The van der Waals surface area contributed by atoms with Crippen LogP contribution < -0.4 is 10.6 Å². The zero-order valence-electron chi connectivity index (χ0n) is 13.5. The lowest BCUT2D eigenvalue weighted by atomic mass is 10.2. The summed E-state index contributed by atoms with van der Waals surface area (Å²) in [6.07, 6.45) is 1.69. The summed E-state index contributed by atoms with van der Waals surface area (Å²) in [5.74, 6) is -0.731. The highest BCUT2D eigenvalue weighted by Gasteiger charge is 2.27. The molecule has 2 amide bonds. The van der Waals surface area contributed by atoms with Crippen molar-refractivity contribution in [3.05, 3.63) is 28.3 Å². The Labute approximate surface area is 143 Å². The van der Waals surface area contributed by atoms with Gasteiger partial charge in [-0.15, -0.1) is 0 Å². The van der Waals surface area contributed by atoms with E-state index in [9.17, 15) is 19.7 Å². The number of nitro benzene ring substituents is 1. The van der Waals surface area contributed by atoms with Crippen LogP contribution >= 0.6 is 0 Å². The minimum atomic E-state index is -0.607. The Morgan fingerprint density at radius 3 is 2.16 bits per heavy atom. The molecule has 2 saturated heterocycles. The molecule has 0 aromatic heterocycles. The summed E-state index contributed by atoms with van der Waals surface area (Å²) in [7, 11) is 0. The number of carbonyl (C=O) groups excluding carboxylic acids is 2. The third-order valence-electron chi connectivity index (χ3n) is 4.16. The molecule has 2 heterocycles.